The summed E-state index contributed by atoms with van der Waals surface area (Å²) in [6, 6.07) is 18.7. The number of ether oxygens (including phenoxy) is 1. The fourth-order valence-electron chi connectivity index (χ4n) is 5.80. The Kier molecular flexibility index (Phi) is 6.39. The number of para-hydroxylation sites is 1. The molecule has 3 aromatic carbocycles. The number of nitrogens with one attached hydrogen (secondary N) is 1. The van der Waals surface area contributed by atoms with Crippen LogP contribution in [-0.4, -0.2) is 28.9 Å². The lowest BCUT2D eigenvalue weighted by atomic mass is 9.70. The fraction of sp³-hybridized carbons (Fsp3) is 0.267. The Bertz CT molecular complexity index is 1570. The maximum absolute atomic E-state index is 13.9. The number of rotatable bonds is 5. The highest BCUT2D eigenvalue weighted by atomic mass is 32.1. The summed E-state index contributed by atoms with van der Waals surface area (Å²) < 4.78 is 6.58. The van der Waals surface area contributed by atoms with Crippen molar-refractivity contribution in [1.29, 1.82) is 0 Å². The van der Waals surface area contributed by atoms with E-state index in [1.807, 2.05) is 30.3 Å². The van der Waals surface area contributed by atoms with Crippen molar-refractivity contribution in [3.63, 3.8) is 0 Å². The number of amides is 1. The van der Waals surface area contributed by atoms with E-state index in [4.69, 9.17) is 21.9 Å². The second-order valence-corrected chi connectivity index (χ2v) is 11.4. The van der Waals surface area contributed by atoms with Crippen molar-refractivity contribution in [2.75, 3.05) is 5.73 Å². The zero-order valence-corrected chi connectivity index (χ0v) is 22.0. The molecule has 1 amide bonds. The fourth-order valence-corrected chi connectivity index (χ4v) is 7.01. The quantitative estimate of drug-likeness (QED) is 0.238. The van der Waals surface area contributed by atoms with E-state index in [0.29, 0.717) is 55.3 Å². The molecule has 8 nitrogen and oxygen atoms in total. The highest BCUT2D eigenvalue weighted by Crippen LogP contribution is 2.49. The minimum Gasteiger partial charge on any atom is -0.457 e. The van der Waals surface area contributed by atoms with Crippen molar-refractivity contribution in [2.24, 2.45) is 11.5 Å². The molecule has 1 fully saturated rings. The number of benzene rings is 3. The van der Waals surface area contributed by atoms with Crippen molar-refractivity contribution in [3.05, 3.63) is 88.3 Å². The van der Waals surface area contributed by atoms with Gasteiger partial charge in [-0.05, 0) is 67.1 Å². The smallest absolute Gasteiger partial charge is 0.261 e. The molecule has 8 N–H and O–H groups in total. The van der Waals surface area contributed by atoms with Crippen LogP contribution in [0.1, 0.15) is 58.1 Å². The van der Waals surface area contributed by atoms with Crippen LogP contribution >= 0.6 is 11.3 Å². The molecular weight excluding hydrogens is 512 g/mol. The van der Waals surface area contributed by atoms with E-state index in [2.05, 4.69) is 5.32 Å². The van der Waals surface area contributed by atoms with Gasteiger partial charge in [0, 0.05) is 22.7 Å². The van der Waals surface area contributed by atoms with Crippen LogP contribution in [0.3, 0.4) is 0 Å². The molecule has 0 aliphatic heterocycles. The maximum Gasteiger partial charge on any atom is 0.261 e. The van der Waals surface area contributed by atoms with E-state index in [1.54, 1.807) is 36.4 Å². The molecule has 1 saturated carbocycles. The molecule has 4 aromatic rings. The minimum absolute atomic E-state index is 0.142. The summed E-state index contributed by atoms with van der Waals surface area (Å²) >= 11 is 1.22. The third-order valence-corrected chi connectivity index (χ3v) is 9.04. The zero-order valence-electron chi connectivity index (χ0n) is 21.2. The SMILES string of the molecule is Nc1ccc2c3c(c(C(=O)N[C@H]4CCC[C@@H](O)C4)sc13)C(N)C(=O)C2(N)c1ccc(Oc2ccccc2)cc1. The summed E-state index contributed by atoms with van der Waals surface area (Å²) in [4.78, 5) is 27.8. The third kappa shape index (κ3) is 4.28. The van der Waals surface area contributed by atoms with Crippen molar-refractivity contribution in [2.45, 2.75) is 49.4 Å². The Balaban J connectivity index is 1.40. The number of anilines is 1. The first-order chi connectivity index (χ1) is 18.8. The van der Waals surface area contributed by atoms with E-state index in [0.717, 1.165) is 19.3 Å². The van der Waals surface area contributed by atoms with E-state index >= 15 is 0 Å². The summed E-state index contributed by atoms with van der Waals surface area (Å²) in [5.41, 5.74) is 20.4. The highest BCUT2D eigenvalue weighted by molar-refractivity contribution is 7.21. The molecule has 0 spiro atoms. The molecule has 4 atom stereocenters. The topological polar surface area (TPSA) is 154 Å². The normalized spacial score (nSPS) is 24.5. The van der Waals surface area contributed by atoms with Crippen molar-refractivity contribution in [3.8, 4) is 11.5 Å². The molecule has 1 aromatic heterocycles. The van der Waals surface area contributed by atoms with Crippen LogP contribution in [0.4, 0.5) is 5.69 Å². The minimum atomic E-state index is -1.54. The van der Waals surface area contributed by atoms with Crippen LogP contribution in [0.25, 0.3) is 10.1 Å². The first-order valence-electron chi connectivity index (χ1n) is 13.0. The zero-order chi connectivity index (χ0) is 27.3. The average Bonchev–Trinajstić information content (AvgIpc) is 3.34. The summed E-state index contributed by atoms with van der Waals surface area (Å²) in [6.45, 7) is 0. The third-order valence-electron chi connectivity index (χ3n) is 7.79. The Morgan fingerprint density at radius 1 is 1.03 bits per heavy atom. The number of carbonyl (C=O) groups is 2. The summed E-state index contributed by atoms with van der Waals surface area (Å²) in [6.07, 6.45) is 2.43. The molecule has 39 heavy (non-hydrogen) atoms. The average molecular weight is 543 g/mol. The van der Waals surface area contributed by atoms with E-state index in [1.165, 1.54) is 11.3 Å². The van der Waals surface area contributed by atoms with Gasteiger partial charge in [0.05, 0.1) is 21.7 Å². The first kappa shape index (κ1) is 25.5. The second-order valence-electron chi connectivity index (χ2n) is 10.3. The predicted molar refractivity (Wildman–Crippen MR) is 152 cm³/mol. The summed E-state index contributed by atoms with van der Waals surface area (Å²) in [5.74, 6) is 0.580. The molecular formula is C30H30N4O4S. The monoisotopic (exact) mass is 542 g/mol. The van der Waals surface area contributed by atoms with Gasteiger partial charge in [0.2, 0.25) is 0 Å². The van der Waals surface area contributed by atoms with Gasteiger partial charge in [0.15, 0.2) is 5.78 Å². The Morgan fingerprint density at radius 3 is 2.46 bits per heavy atom. The van der Waals surface area contributed by atoms with Crippen molar-refractivity contribution < 1.29 is 19.4 Å². The van der Waals surface area contributed by atoms with Crippen LogP contribution < -0.4 is 27.3 Å². The Labute approximate surface area is 229 Å². The highest BCUT2D eigenvalue weighted by Gasteiger charge is 2.48. The summed E-state index contributed by atoms with van der Waals surface area (Å²) in [7, 11) is 0. The number of nitrogen functional groups attached to an aromatic ring is 1. The van der Waals surface area contributed by atoms with Gasteiger partial charge in [-0.1, -0.05) is 36.4 Å². The van der Waals surface area contributed by atoms with Gasteiger partial charge in [-0.15, -0.1) is 11.3 Å². The number of ketones is 1. The lowest BCUT2D eigenvalue weighted by Crippen LogP contribution is -2.52. The first-order valence-corrected chi connectivity index (χ1v) is 13.9. The molecule has 2 unspecified atom stereocenters. The lowest BCUT2D eigenvalue weighted by Gasteiger charge is -2.36. The second kappa shape index (κ2) is 9.77. The molecule has 0 saturated heterocycles. The number of aliphatic hydroxyl groups excluding tert-OH is 1. The van der Waals surface area contributed by atoms with Crippen LogP contribution in [-0.2, 0) is 10.3 Å². The molecule has 0 radical (unpaired) electrons. The molecule has 2 aliphatic carbocycles. The van der Waals surface area contributed by atoms with Gasteiger partial charge >= 0.3 is 0 Å². The number of hydrogen-bond donors (Lipinski definition) is 5. The van der Waals surface area contributed by atoms with Crippen LogP contribution in [0, 0.1) is 0 Å². The molecule has 6 rings (SSSR count). The van der Waals surface area contributed by atoms with Gasteiger partial charge in [-0.2, -0.15) is 0 Å². The number of hydrogen-bond acceptors (Lipinski definition) is 8. The van der Waals surface area contributed by atoms with Gasteiger partial charge in [-0.3, -0.25) is 9.59 Å². The number of aliphatic hydroxyl groups is 1. The van der Waals surface area contributed by atoms with Crippen LogP contribution in [0.15, 0.2) is 66.7 Å². The largest absolute Gasteiger partial charge is 0.457 e. The summed E-state index contributed by atoms with van der Waals surface area (Å²) in [5, 5.41) is 13.7. The van der Waals surface area contributed by atoms with Crippen LogP contribution in [0.2, 0.25) is 0 Å². The van der Waals surface area contributed by atoms with Gasteiger partial charge in [0.25, 0.3) is 5.91 Å². The number of nitrogens with two attached hydrogens (primary N) is 3. The van der Waals surface area contributed by atoms with E-state index < -0.39 is 23.5 Å². The molecule has 200 valence electrons. The Hall–Kier alpha value is -3.76. The number of carbonyl (C=O) groups excluding carboxylic acids is 2. The standard InChI is InChI=1S/C30H30N4O4S/c31-22-14-13-21-23-24(27(39-26(22)23)29(37)34-17-5-4-6-18(35)15-17)25(32)28(36)30(21,33)16-9-11-20(12-10-16)38-19-7-2-1-3-8-19/h1-3,7-14,17-18,25,35H,4-6,15,31-33H2,(H,34,37)/t17-,18+,25?,30?/m0/s1. The van der Waals surface area contributed by atoms with E-state index in [-0.39, 0.29) is 11.9 Å². The van der Waals surface area contributed by atoms with E-state index in [9.17, 15) is 14.7 Å². The molecule has 2 aliphatic rings. The van der Waals surface area contributed by atoms with Gasteiger partial charge in [-0.25, -0.2) is 0 Å². The number of Topliss-reactive ketones (excluding diaryl/α,β-unsaturated/α-hetero) is 1. The lowest BCUT2D eigenvalue weighted by molar-refractivity contribution is -0.124. The van der Waals surface area contributed by atoms with Gasteiger partial charge < -0.3 is 32.4 Å². The Morgan fingerprint density at radius 2 is 1.74 bits per heavy atom. The van der Waals surface area contributed by atoms with Crippen molar-refractivity contribution >= 4 is 38.8 Å². The van der Waals surface area contributed by atoms with Gasteiger partial charge in [0.1, 0.15) is 17.0 Å². The molecule has 1 heterocycles. The van der Waals surface area contributed by atoms with Crippen LogP contribution in [0.5, 0.6) is 11.5 Å². The predicted octanol–water partition coefficient (Wildman–Crippen LogP) is 4.09. The number of thiophene rings is 1. The maximum atomic E-state index is 13.9. The van der Waals surface area contributed by atoms with Crippen molar-refractivity contribution in [1.82, 2.24) is 5.32 Å². The molecule has 0 bridgehead atoms. The molecule has 9 heteroatoms.